The first-order valence-electron chi connectivity index (χ1n) is 6.78. The lowest BCUT2D eigenvalue weighted by Crippen LogP contribution is -2.35. The minimum absolute atomic E-state index is 0.0171. The molecule has 0 aromatic carbocycles. The Hall–Kier alpha value is -0.790. The van der Waals surface area contributed by atoms with Crippen LogP contribution in [0, 0.1) is 11.3 Å². The van der Waals surface area contributed by atoms with Gasteiger partial charge in [0.05, 0.1) is 5.92 Å². The molecule has 2 nitrogen and oxygen atoms in total. The molecule has 0 heterocycles. The summed E-state index contributed by atoms with van der Waals surface area (Å²) in [6.07, 6.45) is 11.4. The van der Waals surface area contributed by atoms with Crippen molar-refractivity contribution in [2.24, 2.45) is 11.3 Å². The molecule has 96 valence electrons. The molecule has 0 radical (unpaired) electrons. The third-order valence-electron chi connectivity index (χ3n) is 3.95. The molecular weight excluding hydrogens is 212 g/mol. The van der Waals surface area contributed by atoms with Crippen molar-refractivity contribution in [1.29, 1.82) is 0 Å². The van der Waals surface area contributed by atoms with Crippen molar-refractivity contribution in [1.82, 2.24) is 0 Å². The van der Waals surface area contributed by atoms with Crippen molar-refractivity contribution in [2.75, 3.05) is 0 Å². The summed E-state index contributed by atoms with van der Waals surface area (Å²) in [6.45, 7) is 5.84. The van der Waals surface area contributed by atoms with Gasteiger partial charge in [-0.3, -0.25) is 4.79 Å². The van der Waals surface area contributed by atoms with Crippen LogP contribution in [0.5, 0.6) is 0 Å². The van der Waals surface area contributed by atoms with E-state index in [0.717, 1.165) is 25.7 Å². The highest BCUT2D eigenvalue weighted by Crippen LogP contribution is 2.48. The van der Waals surface area contributed by atoms with Gasteiger partial charge in [0, 0.05) is 0 Å². The Bertz CT molecular complexity index is 314. The molecule has 1 unspecified atom stereocenters. The molecule has 2 aliphatic rings. The topological polar surface area (TPSA) is 26.3 Å². The quantitative estimate of drug-likeness (QED) is 0.510. The molecule has 0 aromatic heterocycles. The van der Waals surface area contributed by atoms with Crippen molar-refractivity contribution in [3.05, 3.63) is 12.2 Å². The lowest BCUT2D eigenvalue weighted by molar-refractivity contribution is -0.162. The van der Waals surface area contributed by atoms with Crippen LogP contribution in [-0.2, 0) is 9.53 Å². The third-order valence-corrected chi connectivity index (χ3v) is 3.95. The van der Waals surface area contributed by atoms with E-state index in [1.54, 1.807) is 0 Å². The molecule has 0 N–H and O–H groups in total. The molecule has 2 rings (SSSR count). The van der Waals surface area contributed by atoms with E-state index >= 15 is 0 Å². The number of hydrogen-bond donors (Lipinski definition) is 0. The fourth-order valence-corrected chi connectivity index (χ4v) is 3.16. The van der Waals surface area contributed by atoms with Crippen LogP contribution in [0.15, 0.2) is 12.2 Å². The van der Waals surface area contributed by atoms with Crippen LogP contribution in [0.4, 0.5) is 0 Å². The second-order valence-corrected chi connectivity index (χ2v) is 6.71. The number of carbonyl (C=O) groups is 1. The van der Waals surface area contributed by atoms with E-state index in [1.807, 2.05) is 20.8 Å². The Morgan fingerprint density at radius 2 is 1.94 bits per heavy atom. The minimum Gasteiger partial charge on any atom is -0.460 e. The Balaban J connectivity index is 1.95. The van der Waals surface area contributed by atoms with Gasteiger partial charge in [-0.1, -0.05) is 18.6 Å². The first-order valence-corrected chi connectivity index (χ1v) is 6.78. The van der Waals surface area contributed by atoms with E-state index in [2.05, 4.69) is 12.2 Å². The van der Waals surface area contributed by atoms with Gasteiger partial charge in [-0.25, -0.2) is 0 Å². The van der Waals surface area contributed by atoms with Gasteiger partial charge in [-0.2, -0.15) is 0 Å². The fourth-order valence-electron chi connectivity index (χ4n) is 3.16. The summed E-state index contributed by atoms with van der Waals surface area (Å²) in [6, 6.07) is 0. The van der Waals surface area contributed by atoms with E-state index in [-0.39, 0.29) is 17.5 Å². The summed E-state index contributed by atoms with van der Waals surface area (Å²) in [4.78, 5) is 12.1. The SMILES string of the molecule is CC(C)(C)OC(=O)C1CCCC2(CC=CC2)C1. The molecule has 1 atom stereocenters. The second kappa shape index (κ2) is 4.47. The van der Waals surface area contributed by atoms with Crippen LogP contribution in [0.25, 0.3) is 0 Å². The number of allylic oxidation sites excluding steroid dienone is 2. The van der Waals surface area contributed by atoms with Crippen LogP contribution in [0.2, 0.25) is 0 Å². The number of carbonyl (C=O) groups excluding carboxylic acids is 1. The predicted octanol–water partition coefficient (Wildman–Crippen LogP) is 3.85. The molecular formula is C15H24O2. The minimum atomic E-state index is -0.352. The number of rotatable bonds is 1. The van der Waals surface area contributed by atoms with E-state index in [9.17, 15) is 4.79 Å². The summed E-state index contributed by atoms with van der Waals surface area (Å²) in [7, 11) is 0. The zero-order chi connectivity index (χ0) is 12.5. The summed E-state index contributed by atoms with van der Waals surface area (Å²) >= 11 is 0. The average molecular weight is 236 g/mol. The van der Waals surface area contributed by atoms with Crippen LogP contribution in [0.1, 0.15) is 59.3 Å². The number of esters is 1. The molecule has 0 aromatic rings. The van der Waals surface area contributed by atoms with Crippen LogP contribution in [0.3, 0.4) is 0 Å². The van der Waals surface area contributed by atoms with Gasteiger partial charge in [-0.05, 0) is 58.3 Å². The molecule has 0 amide bonds. The molecule has 2 aliphatic carbocycles. The molecule has 2 heteroatoms. The first kappa shape index (κ1) is 12.7. The molecule has 17 heavy (non-hydrogen) atoms. The van der Waals surface area contributed by atoms with Crippen LogP contribution in [-0.4, -0.2) is 11.6 Å². The zero-order valence-electron chi connectivity index (χ0n) is 11.3. The van der Waals surface area contributed by atoms with E-state index < -0.39 is 0 Å². The number of ether oxygens (including phenoxy) is 1. The van der Waals surface area contributed by atoms with Gasteiger partial charge >= 0.3 is 5.97 Å². The molecule has 1 saturated carbocycles. The first-order chi connectivity index (χ1) is 7.90. The van der Waals surface area contributed by atoms with Gasteiger partial charge in [0.1, 0.15) is 5.60 Å². The van der Waals surface area contributed by atoms with Crippen molar-refractivity contribution < 1.29 is 9.53 Å². The summed E-state index contributed by atoms with van der Waals surface area (Å²) in [5.74, 6) is 0.145. The normalized spacial score (nSPS) is 27.4. The molecule has 0 saturated heterocycles. The maximum atomic E-state index is 12.1. The van der Waals surface area contributed by atoms with Gasteiger partial charge in [0.25, 0.3) is 0 Å². The molecule has 1 fully saturated rings. The van der Waals surface area contributed by atoms with Crippen molar-refractivity contribution in [3.63, 3.8) is 0 Å². The van der Waals surface area contributed by atoms with Crippen molar-refractivity contribution in [3.8, 4) is 0 Å². The van der Waals surface area contributed by atoms with E-state index in [4.69, 9.17) is 4.74 Å². The van der Waals surface area contributed by atoms with Gasteiger partial charge in [0.15, 0.2) is 0 Å². The highest BCUT2D eigenvalue weighted by molar-refractivity contribution is 5.73. The lowest BCUT2D eigenvalue weighted by atomic mass is 9.68. The highest BCUT2D eigenvalue weighted by atomic mass is 16.6. The molecule has 1 spiro atoms. The fraction of sp³-hybridized carbons (Fsp3) is 0.800. The molecule has 0 bridgehead atoms. The van der Waals surface area contributed by atoms with Crippen LogP contribution < -0.4 is 0 Å². The van der Waals surface area contributed by atoms with Crippen LogP contribution >= 0.6 is 0 Å². The number of hydrogen-bond acceptors (Lipinski definition) is 2. The predicted molar refractivity (Wildman–Crippen MR) is 68.6 cm³/mol. The Labute approximate surface area is 104 Å². The summed E-state index contributed by atoms with van der Waals surface area (Å²) in [5.41, 5.74) is 0.0371. The van der Waals surface area contributed by atoms with Crippen molar-refractivity contribution >= 4 is 5.97 Å². The maximum absolute atomic E-state index is 12.1. The lowest BCUT2D eigenvalue weighted by Gasteiger charge is -2.38. The molecule has 0 aliphatic heterocycles. The Kier molecular flexibility index (Phi) is 3.33. The third kappa shape index (κ3) is 3.11. The summed E-state index contributed by atoms with van der Waals surface area (Å²) < 4.78 is 5.52. The second-order valence-electron chi connectivity index (χ2n) is 6.71. The average Bonchev–Trinajstić information content (AvgIpc) is 2.64. The summed E-state index contributed by atoms with van der Waals surface area (Å²) in [5, 5.41) is 0. The Morgan fingerprint density at radius 3 is 2.53 bits per heavy atom. The monoisotopic (exact) mass is 236 g/mol. The zero-order valence-corrected chi connectivity index (χ0v) is 11.3. The maximum Gasteiger partial charge on any atom is 0.309 e. The standard InChI is InChI=1S/C15H24O2/c1-14(2,3)17-13(16)12-7-6-10-15(11-12)8-4-5-9-15/h4-5,12H,6-11H2,1-3H3. The van der Waals surface area contributed by atoms with Gasteiger partial charge < -0.3 is 4.74 Å². The largest absolute Gasteiger partial charge is 0.460 e. The van der Waals surface area contributed by atoms with Crippen molar-refractivity contribution in [2.45, 2.75) is 64.9 Å². The Morgan fingerprint density at radius 1 is 1.29 bits per heavy atom. The van der Waals surface area contributed by atoms with Gasteiger partial charge in [-0.15, -0.1) is 0 Å². The smallest absolute Gasteiger partial charge is 0.309 e. The van der Waals surface area contributed by atoms with E-state index in [0.29, 0.717) is 5.41 Å². The highest BCUT2D eigenvalue weighted by Gasteiger charge is 2.40. The van der Waals surface area contributed by atoms with Gasteiger partial charge in [0.2, 0.25) is 0 Å². The van der Waals surface area contributed by atoms with E-state index in [1.165, 1.54) is 12.8 Å².